The first-order valence-electron chi connectivity index (χ1n) is 9.11. The van der Waals surface area contributed by atoms with Gasteiger partial charge in [0.05, 0.1) is 18.2 Å². The highest BCUT2D eigenvalue weighted by Crippen LogP contribution is 2.39. The highest BCUT2D eigenvalue weighted by Gasteiger charge is 2.21. The second-order valence-corrected chi connectivity index (χ2v) is 8.28. The van der Waals surface area contributed by atoms with Crippen LogP contribution >= 0.6 is 23.4 Å². The largest absolute Gasteiger partial charge is 0.372 e. The number of hydrogen-bond donors (Lipinski definition) is 1. The molecule has 0 radical (unpaired) electrons. The first-order valence-corrected chi connectivity index (χ1v) is 10.5. The van der Waals surface area contributed by atoms with E-state index in [0.717, 1.165) is 27.5 Å². The van der Waals surface area contributed by atoms with E-state index in [9.17, 15) is 4.79 Å². The molecular weight excluding hydrogens is 410 g/mol. The van der Waals surface area contributed by atoms with Gasteiger partial charge < -0.3 is 15.4 Å². The van der Waals surface area contributed by atoms with Crippen LogP contribution in [0.25, 0.3) is 22.2 Å². The van der Waals surface area contributed by atoms with Crippen molar-refractivity contribution in [2.24, 2.45) is 0 Å². The molecule has 0 fully saturated rings. The monoisotopic (exact) mass is 429 g/mol. The van der Waals surface area contributed by atoms with Crippen LogP contribution in [0.4, 0.5) is 5.95 Å². The number of nitrogens with two attached hydrogens (primary N) is 1. The molecule has 0 spiro atoms. The number of anilines is 1. The molecule has 150 valence electrons. The van der Waals surface area contributed by atoms with Gasteiger partial charge in [0.15, 0.2) is 11.0 Å². The first-order chi connectivity index (χ1) is 13.9. The lowest BCUT2D eigenvalue weighted by molar-refractivity contribution is -0.127. The van der Waals surface area contributed by atoms with Crippen LogP contribution in [-0.2, 0) is 22.7 Å². The van der Waals surface area contributed by atoms with Crippen LogP contribution < -0.4 is 5.73 Å². The van der Waals surface area contributed by atoms with Crippen molar-refractivity contribution in [3.63, 3.8) is 0 Å². The normalized spacial score (nSPS) is 12.9. The number of benzene rings is 2. The highest BCUT2D eigenvalue weighted by atomic mass is 35.5. The lowest BCUT2D eigenvalue weighted by Crippen LogP contribution is -2.26. The minimum atomic E-state index is 0.0148. The Labute approximate surface area is 177 Å². The number of nitrogens with zero attached hydrogens (tertiary/aromatic N) is 4. The number of carbonyl (C=O) groups is 1. The van der Waals surface area contributed by atoms with E-state index in [-0.39, 0.29) is 11.9 Å². The zero-order valence-electron chi connectivity index (χ0n) is 16.1. The van der Waals surface area contributed by atoms with Crippen molar-refractivity contribution in [1.82, 2.24) is 19.9 Å². The van der Waals surface area contributed by atoms with E-state index in [0.29, 0.717) is 41.5 Å². The number of amides is 1. The zero-order chi connectivity index (χ0) is 20.5. The summed E-state index contributed by atoms with van der Waals surface area (Å²) >= 11 is 8.06. The van der Waals surface area contributed by atoms with E-state index in [1.807, 2.05) is 18.2 Å². The summed E-state index contributed by atoms with van der Waals surface area (Å²) in [5, 5.41) is 3.16. The number of ether oxygens (including phenoxy) is 1. The minimum absolute atomic E-state index is 0.0148. The van der Waals surface area contributed by atoms with Crippen LogP contribution in [-0.4, -0.2) is 45.1 Å². The fourth-order valence-corrected chi connectivity index (χ4v) is 4.50. The molecule has 0 unspecified atom stereocenters. The number of hydrogen-bond acceptors (Lipinski definition) is 7. The van der Waals surface area contributed by atoms with E-state index >= 15 is 0 Å². The molecule has 1 aliphatic heterocycles. The van der Waals surface area contributed by atoms with Crippen molar-refractivity contribution in [2.75, 3.05) is 25.1 Å². The molecule has 7 nitrogen and oxygen atoms in total. The predicted octanol–water partition coefficient (Wildman–Crippen LogP) is 3.53. The van der Waals surface area contributed by atoms with E-state index in [1.54, 1.807) is 11.9 Å². The van der Waals surface area contributed by atoms with E-state index in [2.05, 4.69) is 21.0 Å². The molecule has 1 amide bonds. The smallest absolute Gasteiger partial charge is 0.224 e. The number of aromatic nitrogens is 3. The molecule has 0 bridgehead atoms. The van der Waals surface area contributed by atoms with Gasteiger partial charge in [-0.15, -0.1) is 0 Å². The Kier molecular flexibility index (Phi) is 5.58. The minimum Gasteiger partial charge on any atom is -0.372 e. The third-order valence-corrected chi connectivity index (χ3v) is 5.97. The molecule has 29 heavy (non-hydrogen) atoms. The molecule has 2 aromatic carbocycles. The van der Waals surface area contributed by atoms with Crippen molar-refractivity contribution >= 4 is 46.0 Å². The Hall–Kier alpha value is -2.42. The van der Waals surface area contributed by atoms with Crippen LogP contribution in [0.2, 0.25) is 5.02 Å². The van der Waals surface area contributed by atoms with Gasteiger partial charge in [0.2, 0.25) is 11.9 Å². The summed E-state index contributed by atoms with van der Waals surface area (Å²) in [4.78, 5) is 26.2. The van der Waals surface area contributed by atoms with Crippen molar-refractivity contribution in [1.29, 1.82) is 0 Å². The second-order valence-electron chi connectivity index (χ2n) is 6.81. The third kappa shape index (κ3) is 4.01. The number of carbonyl (C=O) groups excluding carboxylic acids is 1. The number of halogens is 1. The van der Waals surface area contributed by atoms with E-state index < -0.39 is 0 Å². The average Bonchev–Trinajstić information content (AvgIpc) is 2.67. The molecule has 3 aromatic rings. The summed E-state index contributed by atoms with van der Waals surface area (Å²) in [6.07, 6.45) is 0. The molecule has 9 heteroatoms. The number of thioether (sulfide) groups is 1. The van der Waals surface area contributed by atoms with Gasteiger partial charge in [-0.2, -0.15) is 9.97 Å². The van der Waals surface area contributed by atoms with Gasteiger partial charge in [-0.25, -0.2) is 4.98 Å². The van der Waals surface area contributed by atoms with Gasteiger partial charge in [0.1, 0.15) is 0 Å². The van der Waals surface area contributed by atoms with Crippen LogP contribution in [0, 0.1) is 0 Å². The lowest BCUT2D eigenvalue weighted by Gasteiger charge is -2.20. The quantitative estimate of drug-likeness (QED) is 0.620. The lowest BCUT2D eigenvalue weighted by atomic mass is 9.94. The summed E-state index contributed by atoms with van der Waals surface area (Å²) < 4.78 is 5.65. The van der Waals surface area contributed by atoms with Gasteiger partial charge in [0.25, 0.3) is 0 Å². The summed E-state index contributed by atoms with van der Waals surface area (Å²) in [6, 6.07) is 7.96. The maximum absolute atomic E-state index is 11.4. The Bertz CT molecular complexity index is 1110. The summed E-state index contributed by atoms with van der Waals surface area (Å²) in [6.45, 7) is 3.21. The van der Waals surface area contributed by atoms with Crippen LogP contribution in [0.1, 0.15) is 18.1 Å². The molecule has 0 saturated carbocycles. The van der Waals surface area contributed by atoms with E-state index in [1.165, 1.54) is 18.7 Å². The van der Waals surface area contributed by atoms with Gasteiger partial charge in [-0.3, -0.25) is 4.79 Å². The Morgan fingerprint density at radius 3 is 2.86 bits per heavy atom. The van der Waals surface area contributed by atoms with Crippen LogP contribution in [0.5, 0.6) is 0 Å². The summed E-state index contributed by atoms with van der Waals surface area (Å²) in [5.74, 6) is 1.24. The fourth-order valence-electron chi connectivity index (χ4n) is 3.33. The second kappa shape index (κ2) is 8.14. The van der Waals surface area contributed by atoms with E-state index in [4.69, 9.17) is 22.1 Å². The number of rotatable bonds is 5. The highest BCUT2D eigenvalue weighted by molar-refractivity contribution is 7.99. The fraction of sp³-hybridized carbons (Fsp3) is 0.300. The molecular formula is C20H20ClN5O2S. The van der Waals surface area contributed by atoms with Crippen molar-refractivity contribution in [3.05, 3.63) is 40.4 Å². The maximum atomic E-state index is 11.4. The standard InChI is InChI=1S/C20H20ClN5O2S/c1-11(27)26(2)6-7-29-20-24-18(23-19(22)25-20)17-14-5-3-4-12-9-28-10-13(16(12)14)8-15(17)21/h3-5,8H,6-7,9-10H2,1-2H3,(H2,22,23,24,25). The topological polar surface area (TPSA) is 94.2 Å². The van der Waals surface area contributed by atoms with Gasteiger partial charge >= 0.3 is 0 Å². The Balaban J connectivity index is 1.73. The van der Waals surface area contributed by atoms with Crippen LogP contribution in [0.15, 0.2) is 29.4 Å². The predicted molar refractivity (Wildman–Crippen MR) is 115 cm³/mol. The third-order valence-electron chi connectivity index (χ3n) is 4.85. The maximum Gasteiger partial charge on any atom is 0.224 e. The van der Waals surface area contributed by atoms with Crippen molar-refractivity contribution < 1.29 is 9.53 Å². The summed E-state index contributed by atoms with van der Waals surface area (Å²) in [5.41, 5.74) is 8.88. The molecule has 0 aliphatic carbocycles. The SMILES string of the molecule is CC(=O)N(C)CCSc1nc(N)nc(-c2c(Cl)cc3c4c(cccc24)COC3)n1. The molecule has 4 rings (SSSR count). The molecule has 1 aromatic heterocycles. The molecule has 2 heterocycles. The first kappa shape index (κ1) is 19.9. The van der Waals surface area contributed by atoms with Crippen molar-refractivity contribution in [2.45, 2.75) is 25.3 Å². The average molecular weight is 430 g/mol. The summed E-state index contributed by atoms with van der Waals surface area (Å²) in [7, 11) is 1.76. The molecule has 0 saturated heterocycles. The van der Waals surface area contributed by atoms with Crippen LogP contribution in [0.3, 0.4) is 0 Å². The number of nitrogen functional groups attached to an aromatic ring is 1. The van der Waals surface area contributed by atoms with Gasteiger partial charge in [-0.05, 0) is 28.0 Å². The van der Waals surface area contributed by atoms with Crippen molar-refractivity contribution in [3.8, 4) is 11.4 Å². The molecule has 2 N–H and O–H groups in total. The Morgan fingerprint density at radius 1 is 1.28 bits per heavy atom. The van der Waals surface area contributed by atoms with Gasteiger partial charge in [0, 0.05) is 31.8 Å². The molecule has 0 atom stereocenters. The molecule has 1 aliphatic rings. The zero-order valence-corrected chi connectivity index (χ0v) is 17.7. The van der Waals surface area contributed by atoms with Gasteiger partial charge in [-0.1, -0.05) is 41.6 Å². The Morgan fingerprint density at radius 2 is 2.07 bits per heavy atom.